The SMILES string of the molecule is Cc1cc(O)ccc1NC(=O)C(=O)NCc1ccc(S(N)(=O)=O)cc1. The summed E-state index contributed by atoms with van der Waals surface area (Å²) in [6.45, 7) is 1.73. The molecule has 2 rings (SSSR count). The number of carbonyl (C=O) groups is 2. The number of amides is 2. The van der Waals surface area contributed by atoms with Crippen molar-refractivity contribution in [2.24, 2.45) is 5.14 Å². The van der Waals surface area contributed by atoms with Crippen LogP contribution in [-0.2, 0) is 26.2 Å². The number of nitrogens with one attached hydrogen (secondary N) is 2. The van der Waals surface area contributed by atoms with Crippen molar-refractivity contribution < 1.29 is 23.1 Å². The highest BCUT2D eigenvalue weighted by molar-refractivity contribution is 7.89. The minimum Gasteiger partial charge on any atom is -0.508 e. The van der Waals surface area contributed by atoms with Gasteiger partial charge in [0, 0.05) is 12.2 Å². The van der Waals surface area contributed by atoms with Crippen LogP contribution in [0.1, 0.15) is 11.1 Å². The highest BCUT2D eigenvalue weighted by Gasteiger charge is 2.15. The summed E-state index contributed by atoms with van der Waals surface area (Å²) in [4.78, 5) is 23.7. The Balaban J connectivity index is 1.94. The fourth-order valence-corrected chi connectivity index (χ4v) is 2.54. The molecule has 0 spiro atoms. The third kappa shape index (κ3) is 5.03. The molecule has 0 bridgehead atoms. The van der Waals surface area contributed by atoms with Crippen LogP contribution in [0.2, 0.25) is 0 Å². The van der Waals surface area contributed by atoms with E-state index < -0.39 is 21.8 Å². The van der Waals surface area contributed by atoms with Gasteiger partial charge >= 0.3 is 11.8 Å². The molecule has 2 aromatic rings. The molecule has 132 valence electrons. The van der Waals surface area contributed by atoms with E-state index in [0.29, 0.717) is 16.8 Å². The van der Waals surface area contributed by atoms with Crippen LogP contribution in [0.4, 0.5) is 5.69 Å². The first-order valence-electron chi connectivity index (χ1n) is 7.17. The Morgan fingerprint density at radius 2 is 1.72 bits per heavy atom. The summed E-state index contributed by atoms with van der Waals surface area (Å²) >= 11 is 0. The van der Waals surface area contributed by atoms with Crippen LogP contribution >= 0.6 is 0 Å². The Morgan fingerprint density at radius 3 is 2.28 bits per heavy atom. The number of aromatic hydroxyl groups is 1. The number of phenolic OH excluding ortho intramolecular Hbond substituents is 1. The lowest BCUT2D eigenvalue weighted by molar-refractivity contribution is -0.136. The minimum atomic E-state index is -3.78. The number of aryl methyl sites for hydroxylation is 1. The molecule has 0 aliphatic rings. The van der Waals surface area contributed by atoms with Crippen molar-refractivity contribution in [3.05, 3.63) is 53.6 Å². The van der Waals surface area contributed by atoms with Crippen molar-refractivity contribution in [2.45, 2.75) is 18.4 Å². The van der Waals surface area contributed by atoms with Gasteiger partial charge < -0.3 is 15.7 Å². The Bertz CT molecular complexity index is 908. The Morgan fingerprint density at radius 1 is 1.08 bits per heavy atom. The fraction of sp³-hybridized carbons (Fsp3) is 0.125. The molecule has 2 aromatic carbocycles. The molecule has 5 N–H and O–H groups in total. The van der Waals surface area contributed by atoms with E-state index in [1.54, 1.807) is 6.92 Å². The van der Waals surface area contributed by atoms with Crippen molar-refractivity contribution in [3.8, 4) is 5.75 Å². The van der Waals surface area contributed by atoms with Gasteiger partial charge in [0.15, 0.2) is 0 Å². The van der Waals surface area contributed by atoms with E-state index in [2.05, 4.69) is 10.6 Å². The van der Waals surface area contributed by atoms with E-state index >= 15 is 0 Å². The number of phenols is 1. The molecule has 0 saturated heterocycles. The standard InChI is InChI=1S/C16H17N3O5S/c1-10-8-12(20)4-7-14(10)19-16(22)15(21)18-9-11-2-5-13(6-3-11)25(17,23)24/h2-8,20H,9H2,1H3,(H,18,21)(H,19,22)(H2,17,23,24). The molecular weight excluding hydrogens is 346 g/mol. The van der Waals surface area contributed by atoms with Crippen molar-refractivity contribution in [1.82, 2.24) is 5.32 Å². The summed E-state index contributed by atoms with van der Waals surface area (Å²) in [7, 11) is -3.78. The number of benzene rings is 2. The van der Waals surface area contributed by atoms with Crippen molar-refractivity contribution in [3.63, 3.8) is 0 Å². The third-order valence-electron chi connectivity index (χ3n) is 3.37. The molecule has 0 fully saturated rings. The van der Waals surface area contributed by atoms with Crippen LogP contribution in [0.15, 0.2) is 47.4 Å². The van der Waals surface area contributed by atoms with E-state index in [9.17, 15) is 23.1 Å². The first kappa shape index (κ1) is 18.4. The largest absolute Gasteiger partial charge is 0.508 e. The predicted molar refractivity (Wildman–Crippen MR) is 91.1 cm³/mol. The zero-order valence-corrected chi connectivity index (χ0v) is 14.1. The summed E-state index contributed by atoms with van der Waals surface area (Å²) < 4.78 is 22.3. The molecule has 8 nitrogen and oxygen atoms in total. The second-order valence-electron chi connectivity index (χ2n) is 5.32. The van der Waals surface area contributed by atoms with Gasteiger partial charge in [0.05, 0.1) is 4.90 Å². The highest BCUT2D eigenvalue weighted by atomic mass is 32.2. The van der Waals surface area contributed by atoms with Gasteiger partial charge in [-0.2, -0.15) is 0 Å². The van der Waals surface area contributed by atoms with E-state index in [1.165, 1.54) is 42.5 Å². The highest BCUT2D eigenvalue weighted by Crippen LogP contribution is 2.19. The number of hydrogen-bond donors (Lipinski definition) is 4. The lowest BCUT2D eigenvalue weighted by Gasteiger charge is -2.09. The lowest BCUT2D eigenvalue weighted by Crippen LogP contribution is -2.35. The van der Waals surface area contributed by atoms with Crippen molar-refractivity contribution >= 4 is 27.5 Å². The number of rotatable bonds is 4. The number of hydrogen-bond acceptors (Lipinski definition) is 5. The molecule has 0 aliphatic heterocycles. The molecule has 0 radical (unpaired) electrons. The second kappa shape index (κ2) is 7.32. The van der Waals surface area contributed by atoms with Crippen LogP contribution in [0.25, 0.3) is 0 Å². The number of sulfonamides is 1. The molecular formula is C16H17N3O5S. The number of primary sulfonamides is 1. The number of carbonyl (C=O) groups excluding carboxylic acids is 2. The summed E-state index contributed by atoms with van der Waals surface area (Å²) in [5, 5.41) is 19.2. The number of nitrogens with two attached hydrogens (primary N) is 1. The van der Waals surface area contributed by atoms with Gasteiger partial charge in [-0.15, -0.1) is 0 Å². The maximum Gasteiger partial charge on any atom is 0.313 e. The molecule has 0 aromatic heterocycles. The van der Waals surface area contributed by atoms with Crippen LogP contribution in [-0.4, -0.2) is 25.3 Å². The molecule has 25 heavy (non-hydrogen) atoms. The Hall–Kier alpha value is -2.91. The first-order valence-corrected chi connectivity index (χ1v) is 8.72. The van der Waals surface area contributed by atoms with Gasteiger partial charge in [-0.1, -0.05) is 12.1 Å². The molecule has 0 saturated carbocycles. The topological polar surface area (TPSA) is 139 Å². The molecule has 0 heterocycles. The average Bonchev–Trinajstić information content (AvgIpc) is 2.54. The van der Waals surface area contributed by atoms with Gasteiger partial charge in [0.2, 0.25) is 10.0 Å². The zero-order valence-electron chi connectivity index (χ0n) is 13.3. The van der Waals surface area contributed by atoms with Crippen LogP contribution in [0.5, 0.6) is 5.75 Å². The van der Waals surface area contributed by atoms with E-state index in [-0.39, 0.29) is 17.2 Å². The van der Waals surface area contributed by atoms with Gasteiger partial charge in [0.25, 0.3) is 0 Å². The molecule has 0 atom stereocenters. The van der Waals surface area contributed by atoms with Gasteiger partial charge in [-0.25, -0.2) is 13.6 Å². The molecule has 9 heteroatoms. The van der Waals surface area contributed by atoms with Crippen molar-refractivity contribution in [1.29, 1.82) is 0 Å². The molecule has 0 aliphatic carbocycles. The summed E-state index contributed by atoms with van der Waals surface area (Å²) in [5.41, 5.74) is 1.63. The maximum absolute atomic E-state index is 11.9. The van der Waals surface area contributed by atoms with E-state index in [1.807, 2.05) is 0 Å². The van der Waals surface area contributed by atoms with Crippen molar-refractivity contribution in [2.75, 3.05) is 5.32 Å². The third-order valence-corrected chi connectivity index (χ3v) is 4.30. The summed E-state index contributed by atoms with van der Waals surface area (Å²) in [6.07, 6.45) is 0. The maximum atomic E-state index is 11.9. The van der Waals surface area contributed by atoms with Crippen LogP contribution < -0.4 is 15.8 Å². The summed E-state index contributed by atoms with van der Waals surface area (Å²) in [5.74, 6) is -1.64. The van der Waals surface area contributed by atoms with Gasteiger partial charge in [-0.3, -0.25) is 9.59 Å². The van der Waals surface area contributed by atoms with Crippen LogP contribution in [0.3, 0.4) is 0 Å². The summed E-state index contributed by atoms with van der Waals surface area (Å²) in [6, 6.07) is 9.95. The number of anilines is 1. The second-order valence-corrected chi connectivity index (χ2v) is 6.89. The minimum absolute atomic E-state index is 0.0388. The van der Waals surface area contributed by atoms with Gasteiger partial charge in [0.1, 0.15) is 5.75 Å². The fourth-order valence-electron chi connectivity index (χ4n) is 2.03. The Labute approximate surface area is 144 Å². The first-order chi connectivity index (χ1) is 11.7. The smallest absolute Gasteiger partial charge is 0.313 e. The lowest BCUT2D eigenvalue weighted by atomic mass is 10.2. The predicted octanol–water partition coefficient (Wildman–Crippen LogP) is 0.603. The molecule has 0 unspecified atom stereocenters. The van der Waals surface area contributed by atoms with Crippen LogP contribution in [0, 0.1) is 6.92 Å². The normalized spacial score (nSPS) is 11.0. The van der Waals surface area contributed by atoms with E-state index in [0.717, 1.165) is 0 Å². The zero-order chi connectivity index (χ0) is 18.6. The quantitative estimate of drug-likeness (QED) is 0.465. The van der Waals surface area contributed by atoms with Gasteiger partial charge in [-0.05, 0) is 48.4 Å². The average molecular weight is 363 g/mol. The Kier molecular flexibility index (Phi) is 5.40. The van der Waals surface area contributed by atoms with E-state index in [4.69, 9.17) is 5.14 Å². The molecule has 2 amide bonds. The monoisotopic (exact) mass is 363 g/mol.